The van der Waals surface area contributed by atoms with E-state index >= 15 is 0 Å². The molecule has 0 fully saturated rings. The zero-order valence-electron chi connectivity index (χ0n) is 6.46. The molecule has 3 nitrogen and oxygen atoms in total. The van der Waals surface area contributed by atoms with Crippen molar-refractivity contribution in [2.45, 2.75) is 13.0 Å². The normalized spacial score (nSPS) is 13.0. The summed E-state index contributed by atoms with van der Waals surface area (Å²) in [5.41, 5.74) is 0. The van der Waals surface area contributed by atoms with Crippen LogP contribution < -0.4 is 0 Å². The van der Waals surface area contributed by atoms with E-state index < -0.39 is 6.10 Å². The Balaban J connectivity index is 3.29. The summed E-state index contributed by atoms with van der Waals surface area (Å²) in [4.78, 5) is 4.09. The number of rotatable bonds is 2. The number of halogens is 2. The van der Waals surface area contributed by atoms with E-state index in [9.17, 15) is 5.11 Å². The first-order valence-electron chi connectivity index (χ1n) is 3.31. The molecule has 0 aliphatic rings. The fourth-order valence-electron chi connectivity index (χ4n) is 0.869. The second kappa shape index (κ2) is 3.72. The summed E-state index contributed by atoms with van der Waals surface area (Å²) in [6.45, 7) is 5.26. The van der Waals surface area contributed by atoms with E-state index in [0.717, 1.165) is 4.60 Å². The van der Waals surface area contributed by atoms with E-state index in [1.807, 2.05) is 0 Å². The van der Waals surface area contributed by atoms with Crippen molar-refractivity contribution < 1.29 is 5.11 Å². The van der Waals surface area contributed by atoms with Crippen LogP contribution in [0.1, 0.15) is 18.9 Å². The van der Waals surface area contributed by atoms with Gasteiger partial charge in [-0.15, -0.1) is 0 Å². The third-order valence-corrected chi connectivity index (χ3v) is 3.24. The van der Waals surface area contributed by atoms with Crippen LogP contribution in [-0.2, 0) is 0 Å². The van der Waals surface area contributed by atoms with Gasteiger partial charge in [0.05, 0.1) is 0 Å². The van der Waals surface area contributed by atoms with Gasteiger partial charge in [-0.1, -0.05) is 6.58 Å². The molecule has 0 radical (unpaired) electrons. The quantitative estimate of drug-likeness (QED) is 0.911. The first kappa shape index (κ1) is 9.95. The molecular weight excluding hydrogens is 288 g/mol. The molecule has 0 aliphatic carbocycles. The van der Waals surface area contributed by atoms with Crippen molar-refractivity contribution in [3.05, 3.63) is 21.6 Å². The molecule has 1 unspecified atom stereocenters. The lowest BCUT2D eigenvalue weighted by molar-refractivity contribution is 0.187. The van der Waals surface area contributed by atoms with Gasteiger partial charge >= 0.3 is 0 Å². The Bertz CT molecular complexity index is 307. The Kier molecular flexibility index (Phi) is 3.09. The average Bonchev–Trinajstić information content (AvgIpc) is 2.29. The number of nitrogens with zero attached hydrogens (tertiary/aromatic N) is 2. The van der Waals surface area contributed by atoms with E-state index in [1.165, 1.54) is 0 Å². The summed E-state index contributed by atoms with van der Waals surface area (Å²) < 4.78 is 3.10. The molecule has 0 bridgehead atoms. The SMILES string of the molecule is C=Cn1c(C(C)O)nc(Br)c1Br. The molecule has 0 aromatic carbocycles. The van der Waals surface area contributed by atoms with Crippen LogP contribution in [0.4, 0.5) is 0 Å². The van der Waals surface area contributed by atoms with Crippen molar-refractivity contribution >= 4 is 38.1 Å². The van der Waals surface area contributed by atoms with Gasteiger partial charge in [-0.05, 0) is 38.8 Å². The molecule has 1 aromatic rings. The minimum absolute atomic E-state index is 0.559. The molecular formula is C7H8Br2N2O. The number of hydrogen-bond acceptors (Lipinski definition) is 2. The summed E-state index contributed by atoms with van der Waals surface area (Å²) in [6, 6.07) is 0. The molecule has 66 valence electrons. The Morgan fingerprint density at radius 1 is 1.67 bits per heavy atom. The largest absolute Gasteiger partial charge is 0.385 e. The lowest BCUT2D eigenvalue weighted by Gasteiger charge is -2.04. The zero-order valence-corrected chi connectivity index (χ0v) is 9.63. The van der Waals surface area contributed by atoms with Gasteiger partial charge in [0.2, 0.25) is 0 Å². The molecule has 0 aliphatic heterocycles. The van der Waals surface area contributed by atoms with Crippen LogP contribution in [0.3, 0.4) is 0 Å². The predicted octanol–water partition coefficient (Wildman–Crippen LogP) is 2.56. The van der Waals surface area contributed by atoms with Crippen molar-refractivity contribution in [2.75, 3.05) is 0 Å². The van der Waals surface area contributed by atoms with Gasteiger partial charge in [-0.3, -0.25) is 4.57 Å². The van der Waals surface area contributed by atoms with Crippen LogP contribution in [0.2, 0.25) is 0 Å². The standard InChI is InChI=1S/C7H8Br2N2O/c1-3-11-6(9)5(8)10-7(11)4(2)12/h3-4,12H,1H2,2H3. The van der Waals surface area contributed by atoms with Crippen molar-refractivity contribution in [1.82, 2.24) is 9.55 Å². The minimum atomic E-state index is -0.606. The van der Waals surface area contributed by atoms with Gasteiger partial charge < -0.3 is 5.11 Å². The van der Waals surface area contributed by atoms with Crippen molar-refractivity contribution in [1.29, 1.82) is 0 Å². The van der Waals surface area contributed by atoms with Crippen LogP contribution >= 0.6 is 31.9 Å². The average molecular weight is 296 g/mol. The third-order valence-electron chi connectivity index (χ3n) is 1.40. The maximum absolute atomic E-state index is 9.30. The van der Waals surface area contributed by atoms with E-state index in [-0.39, 0.29) is 0 Å². The van der Waals surface area contributed by atoms with Gasteiger partial charge in [-0.2, -0.15) is 0 Å². The highest BCUT2D eigenvalue weighted by Crippen LogP contribution is 2.26. The van der Waals surface area contributed by atoms with Crippen LogP contribution in [0, 0.1) is 0 Å². The topological polar surface area (TPSA) is 38.0 Å². The second-order valence-electron chi connectivity index (χ2n) is 2.28. The summed E-state index contributed by atoms with van der Waals surface area (Å²) in [5, 5.41) is 9.30. The van der Waals surface area contributed by atoms with Crippen LogP contribution in [0.25, 0.3) is 6.20 Å². The summed E-state index contributed by atoms with van der Waals surface area (Å²) in [5.74, 6) is 0.559. The summed E-state index contributed by atoms with van der Waals surface area (Å²) in [7, 11) is 0. The first-order chi connectivity index (χ1) is 5.57. The molecule has 1 rings (SSSR count). The van der Waals surface area contributed by atoms with Crippen molar-refractivity contribution in [3.8, 4) is 0 Å². The molecule has 12 heavy (non-hydrogen) atoms. The maximum Gasteiger partial charge on any atom is 0.143 e. The maximum atomic E-state index is 9.30. The van der Waals surface area contributed by atoms with Gasteiger partial charge in [0.1, 0.15) is 21.1 Å². The first-order valence-corrected chi connectivity index (χ1v) is 4.90. The molecule has 1 heterocycles. The number of aromatic nitrogens is 2. The summed E-state index contributed by atoms with van der Waals surface area (Å²) >= 11 is 6.54. The van der Waals surface area contributed by atoms with Crippen molar-refractivity contribution in [3.63, 3.8) is 0 Å². The molecule has 5 heteroatoms. The lowest BCUT2D eigenvalue weighted by atomic mass is 10.4. The van der Waals surface area contributed by atoms with Gasteiger partial charge in [0.15, 0.2) is 0 Å². The highest BCUT2D eigenvalue weighted by Gasteiger charge is 2.14. The number of aliphatic hydroxyl groups is 1. The zero-order chi connectivity index (χ0) is 9.30. The lowest BCUT2D eigenvalue weighted by Crippen LogP contribution is -2.00. The molecule has 1 aromatic heterocycles. The molecule has 0 saturated heterocycles. The highest BCUT2D eigenvalue weighted by molar-refractivity contribution is 9.13. The second-order valence-corrected chi connectivity index (χ2v) is 3.78. The fraction of sp³-hybridized carbons (Fsp3) is 0.286. The predicted molar refractivity (Wildman–Crippen MR) is 54.6 cm³/mol. The smallest absolute Gasteiger partial charge is 0.143 e. The number of hydrogen-bond donors (Lipinski definition) is 1. The van der Waals surface area contributed by atoms with Gasteiger partial charge in [0, 0.05) is 6.20 Å². The molecule has 0 saturated carbocycles. The van der Waals surface area contributed by atoms with Crippen LogP contribution in [0.15, 0.2) is 15.8 Å². The number of imidazole rings is 1. The molecule has 0 amide bonds. The third kappa shape index (κ3) is 1.62. The van der Waals surface area contributed by atoms with Gasteiger partial charge in [0.25, 0.3) is 0 Å². The van der Waals surface area contributed by atoms with E-state index in [0.29, 0.717) is 10.4 Å². The van der Waals surface area contributed by atoms with E-state index in [4.69, 9.17) is 0 Å². The van der Waals surface area contributed by atoms with E-state index in [2.05, 4.69) is 43.4 Å². The Hall–Kier alpha value is -0.130. The van der Waals surface area contributed by atoms with Crippen LogP contribution in [-0.4, -0.2) is 14.7 Å². The molecule has 0 spiro atoms. The molecule has 1 atom stereocenters. The monoisotopic (exact) mass is 294 g/mol. The Labute approximate surface area is 87.4 Å². The van der Waals surface area contributed by atoms with Crippen molar-refractivity contribution in [2.24, 2.45) is 0 Å². The highest BCUT2D eigenvalue weighted by atomic mass is 79.9. The number of aliphatic hydroxyl groups excluding tert-OH is 1. The minimum Gasteiger partial charge on any atom is -0.385 e. The van der Waals surface area contributed by atoms with E-state index in [1.54, 1.807) is 17.7 Å². The Morgan fingerprint density at radius 2 is 2.25 bits per heavy atom. The molecule has 1 N–H and O–H groups in total. The van der Waals surface area contributed by atoms with Gasteiger partial charge in [-0.25, -0.2) is 4.98 Å². The fourth-order valence-corrected chi connectivity index (χ4v) is 1.66. The summed E-state index contributed by atoms with van der Waals surface area (Å²) in [6.07, 6.45) is 0.981. The Morgan fingerprint density at radius 3 is 2.58 bits per heavy atom. The van der Waals surface area contributed by atoms with Crippen LogP contribution in [0.5, 0.6) is 0 Å².